The molecule has 1 aromatic heterocycles. The standard InChI is InChI=1S/C16H17NO5/c1-2-13(16(19)20)17-15(18)14-9-8-12(22-14)10-21-11-6-4-3-5-7-11/h3-9,13H,2,10H2,1H3,(H,17,18)(H,19,20). The van der Waals surface area contributed by atoms with Crippen LogP contribution in [0, 0.1) is 0 Å². The fraction of sp³-hybridized carbons (Fsp3) is 0.250. The number of furan rings is 1. The predicted molar refractivity (Wildman–Crippen MR) is 78.7 cm³/mol. The molecule has 2 N–H and O–H groups in total. The summed E-state index contributed by atoms with van der Waals surface area (Å²) in [5.74, 6) is -0.388. The lowest BCUT2D eigenvalue weighted by Gasteiger charge is -2.10. The highest BCUT2D eigenvalue weighted by Crippen LogP contribution is 2.14. The molecule has 0 spiro atoms. The third-order valence-electron chi connectivity index (χ3n) is 3.02. The van der Waals surface area contributed by atoms with Crippen LogP contribution >= 0.6 is 0 Å². The molecule has 1 heterocycles. The summed E-state index contributed by atoms with van der Waals surface area (Å²) in [6.45, 7) is 1.87. The number of aliphatic carboxylic acids is 1. The summed E-state index contributed by atoms with van der Waals surface area (Å²) in [5, 5.41) is 11.3. The first-order chi connectivity index (χ1) is 10.6. The van der Waals surface area contributed by atoms with Gasteiger partial charge in [0.05, 0.1) is 0 Å². The molecule has 0 saturated carbocycles. The Morgan fingerprint density at radius 2 is 1.95 bits per heavy atom. The van der Waals surface area contributed by atoms with E-state index in [0.717, 1.165) is 0 Å². The van der Waals surface area contributed by atoms with Crippen LogP contribution in [0.2, 0.25) is 0 Å². The van der Waals surface area contributed by atoms with Gasteiger partial charge in [0, 0.05) is 0 Å². The Bertz CT molecular complexity index is 635. The van der Waals surface area contributed by atoms with E-state index in [1.54, 1.807) is 13.0 Å². The highest BCUT2D eigenvalue weighted by molar-refractivity contribution is 5.94. The largest absolute Gasteiger partial charge is 0.486 e. The van der Waals surface area contributed by atoms with Crippen LogP contribution in [0.1, 0.15) is 29.7 Å². The molecule has 0 aliphatic carbocycles. The third-order valence-corrected chi connectivity index (χ3v) is 3.02. The maximum Gasteiger partial charge on any atom is 0.326 e. The first kappa shape index (κ1) is 15.6. The van der Waals surface area contributed by atoms with Crippen molar-refractivity contribution in [3.8, 4) is 5.75 Å². The number of carbonyl (C=O) groups is 2. The number of ether oxygens (including phenoxy) is 1. The molecule has 0 bridgehead atoms. The number of rotatable bonds is 7. The zero-order chi connectivity index (χ0) is 15.9. The van der Waals surface area contributed by atoms with Gasteiger partial charge in [0.25, 0.3) is 5.91 Å². The molecular formula is C16H17NO5. The smallest absolute Gasteiger partial charge is 0.326 e. The first-order valence-corrected chi connectivity index (χ1v) is 6.90. The number of hydrogen-bond acceptors (Lipinski definition) is 4. The van der Waals surface area contributed by atoms with Gasteiger partial charge in [-0.1, -0.05) is 25.1 Å². The highest BCUT2D eigenvalue weighted by Gasteiger charge is 2.20. The molecule has 6 heteroatoms. The Kier molecular flexibility index (Phi) is 5.19. The highest BCUT2D eigenvalue weighted by atomic mass is 16.5. The summed E-state index contributed by atoms with van der Waals surface area (Å²) in [6, 6.07) is 11.4. The van der Waals surface area contributed by atoms with Gasteiger partial charge in [-0.05, 0) is 30.7 Å². The molecule has 116 valence electrons. The van der Waals surface area contributed by atoms with Crippen molar-refractivity contribution >= 4 is 11.9 Å². The average Bonchev–Trinajstić information content (AvgIpc) is 3.00. The number of carboxylic acids is 1. The number of carbonyl (C=O) groups excluding carboxylic acids is 1. The van der Waals surface area contributed by atoms with E-state index in [2.05, 4.69) is 5.32 Å². The molecule has 0 fully saturated rings. The summed E-state index contributed by atoms with van der Waals surface area (Å²) >= 11 is 0. The molecule has 1 aromatic carbocycles. The Morgan fingerprint density at radius 3 is 2.59 bits per heavy atom. The van der Waals surface area contributed by atoms with Gasteiger partial charge in [-0.25, -0.2) is 4.79 Å². The number of amides is 1. The Labute approximate surface area is 127 Å². The monoisotopic (exact) mass is 303 g/mol. The fourth-order valence-electron chi connectivity index (χ4n) is 1.82. The van der Waals surface area contributed by atoms with Gasteiger partial charge in [-0.2, -0.15) is 0 Å². The quantitative estimate of drug-likeness (QED) is 0.820. The lowest BCUT2D eigenvalue weighted by Crippen LogP contribution is -2.40. The van der Waals surface area contributed by atoms with Gasteiger partial charge in [-0.15, -0.1) is 0 Å². The zero-order valence-corrected chi connectivity index (χ0v) is 12.1. The van der Waals surface area contributed by atoms with Crippen LogP contribution in [0.25, 0.3) is 0 Å². The van der Waals surface area contributed by atoms with Gasteiger partial charge in [0.15, 0.2) is 5.76 Å². The van der Waals surface area contributed by atoms with E-state index in [9.17, 15) is 9.59 Å². The molecule has 2 rings (SSSR count). The predicted octanol–water partition coefficient (Wildman–Crippen LogP) is 2.45. The van der Waals surface area contributed by atoms with Gasteiger partial charge in [0.1, 0.15) is 24.2 Å². The second-order valence-corrected chi connectivity index (χ2v) is 4.64. The van der Waals surface area contributed by atoms with Crippen molar-refractivity contribution in [1.82, 2.24) is 5.32 Å². The molecule has 0 aliphatic heterocycles. The summed E-state index contributed by atoms with van der Waals surface area (Å²) in [6.07, 6.45) is 0.297. The van der Waals surface area contributed by atoms with E-state index in [1.165, 1.54) is 6.07 Å². The van der Waals surface area contributed by atoms with E-state index < -0.39 is 17.9 Å². The SMILES string of the molecule is CCC(NC(=O)c1ccc(COc2ccccc2)o1)C(=O)O. The summed E-state index contributed by atoms with van der Waals surface area (Å²) in [5.41, 5.74) is 0. The Morgan fingerprint density at radius 1 is 1.23 bits per heavy atom. The molecule has 1 amide bonds. The van der Waals surface area contributed by atoms with E-state index in [-0.39, 0.29) is 12.4 Å². The van der Waals surface area contributed by atoms with Gasteiger partial charge in [-0.3, -0.25) is 4.79 Å². The van der Waals surface area contributed by atoms with E-state index in [0.29, 0.717) is 17.9 Å². The minimum Gasteiger partial charge on any atom is -0.486 e. The first-order valence-electron chi connectivity index (χ1n) is 6.90. The van der Waals surface area contributed by atoms with Crippen molar-refractivity contribution in [3.63, 3.8) is 0 Å². The van der Waals surface area contributed by atoms with Crippen molar-refractivity contribution in [3.05, 3.63) is 54.0 Å². The minimum atomic E-state index is -1.07. The van der Waals surface area contributed by atoms with Crippen molar-refractivity contribution in [2.24, 2.45) is 0 Å². The summed E-state index contributed by atoms with van der Waals surface area (Å²) in [4.78, 5) is 22.8. The molecule has 1 atom stereocenters. The lowest BCUT2D eigenvalue weighted by molar-refractivity contribution is -0.139. The molecule has 2 aromatic rings. The number of benzene rings is 1. The summed E-state index contributed by atoms with van der Waals surface area (Å²) < 4.78 is 10.9. The van der Waals surface area contributed by atoms with Crippen LogP contribution in [-0.4, -0.2) is 23.0 Å². The normalized spacial score (nSPS) is 11.7. The van der Waals surface area contributed by atoms with Crippen LogP contribution in [0.3, 0.4) is 0 Å². The van der Waals surface area contributed by atoms with Gasteiger partial charge in [0.2, 0.25) is 0 Å². The number of carboxylic acid groups (broad SMARTS) is 1. The van der Waals surface area contributed by atoms with E-state index in [4.69, 9.17) is 14.3 Å². The van der Waals surface area contributed by atoms with Crippen molar-refractivity contribution in [1.29, 1.82) is 0 Å². The Hall–Kier alpha value is -2.76. The topological polar surface area (TPSA) is 88.8 Å². The van der Waals surface area contributed by atoms with Crippen LogP contribution < -0.4 is 10.1 Å². The summed E-state index contributed by atoms with van der Waals surface area (Å²) in [7, 11) is 0. The second-order valence-electron chi connectivity index (χ2n) is 4.64. The van der Waals surface area contributed by atoms with E-state index >= 15 is 0 Å². The number of nitrogens with one attached hydrogen (secondary N) is 1. The van der Waals surface area contributed by atoms with Crippen molar-refractivity contribution < 1.29 is 23.8 Å². The van der Waals surface area contributed by atoms with Crippen LogP contribution in [0.5, 0.6) is 5.75 Å². The molecule has 0 saturated heterocycles. The maximum absolute atomic E-state index is 11.9. The van der Waals surface area contributed by atoms with Crippen LogP contribution in [0.4, 0.5) is 0 Å². The zero-order valence-electron chi connectivity index (χ0n) is 12.1. The average molecular weight is 303 g/mol. The third kappa shape index (κ3) is 4.12. The molecule has 22 heavy (non-hydrogen) atoms. The lowest BCUT2D eigenvalue weighted by atomic mass is 10.2. The fourth-order valence-corrected chi connectivity index (χ4v) is 1.82. The number of hydrogen-bond donors (Lipinski definition) is 2. The molecule has 0 aliphatic rings. The Balaban J connectivity index is 1.93. The van der Waals surface area contributed by atoms with Crippen LogP contribution in [-0.2, 0) is 11.4 Å². The molecule has 0 radical (unpaired) electrons. The molecule has 1 unspecified atom stereocenters. The van der Waals surface area contributed by atoms with Crippen molar-refractivity contribution in [2.75, 3.05) is 0 Å². The molecule has 6 nitrogen and oxygen atoms in total. The minimum absolute atomic E-state index is 0.0614. The van der Waals surface area contributed by atoms with E-state index in [1.807, 2.05) is 30.3 Å². The second kappa shape index (κ2) is 7.31. The van der Waals surface area contributed by atoms with Gasteiger partial charge < -0.3 is 19.6 Å². The van der Waals surface area contributed by atoms with Gasteiger partial charge >= 0.3 is 5.97 Å². The van der Waals surface area contributed by atoms with Crippen LogP contribution in [0.15, 0.2) is 46.9 Å². The van der Waals surface area contributed by atoms with Crippen molar-refractivity contribution in [2.45, 2.75) is 26.0 Å². The maximum atomic E-state index is 11.9. The number of para-hydroxylation sites is 1. The molecular weight excluding hydrogens is 286 g/mol.